The molecule has 0 unspecified atom stereocenters. The Hall–Kier alpha value is -2.80. The molecule has 0 aliphatic carbocycles. The largest absolute Gasteiger partial charge is 0.309 e. The first-order chi connectivity index (χ1) is 10.7. The molecular weight excluding hydrogens is 266 g/mol. The van der Waals surface area contributed by atoms with Crippen LogP contribution in [0.3, 0.4) is 0 Å². The summed E-state index contributed by atoms with van der Waals surface area (Å²) >= 11 is 0. The Bertz CT molecular complexity index is 935. The van der Waals surface area contributed by atoms with E-state index >= 15 is 0 Å². The van der Waals surface area contributed by atoms with Gasteiger partial charge in [0.15, 0.2) is 0 Å². The van der Waals surface area contributed by atoms with Crippen molar-refractivity contribution < 1.29 is 0 Å². The molecule has 3 rings (SSSR count). The minimum Gasteiger partial charge on any atom is -0.309 e. The van der Waals surface area contributed by atoms with Crippen LogP contribution in [0, 0.1) is 0 Å². The van der Waals surface area contributed by atoms with Crippen LogP contribution in [-0.4, -0.2) is 4.57 Å². The molecule has 1 heterocycles. The molecule has 0 spiro atoms. The number of para-hydroxylation sites is 1. The predicted octanol–water partition coefficient (Wildman–Crippen LogP) is 6.04. The van der Waals surface area contributed by atoms with Gasteiger partial charge in [-0.15, -0.1) is 0 Å². The summed E-state index contributed by atoms with van der Waals surface area (Å²) in [5, 5.41) is 2.46. The Kier molecular flexibility index (Phi) is 3.56. The molecule has 1 aromatic heterocycles. The fourth-order valence-electron chi connectivity index (χ4n) is 2.87. The molecule has 108 valence electrons. The Labute approximate surface area is 131 Å². The number of hydrogen-bond donors (Lipinski definition) is 0. The van der Waals surface area contributed by atoms with Crippen LogP contribution in [0.1, 0.15) is 12.5 Å². The van der Waals surface area contributed by atoms with Crippen LogP contribution in [0.5, 0.6) is 0 Å². The lowest BCUT2D eigenvalue weighted by atomic mass is 10.1. The number of benzene rings is 2. The van der Waals surface area contributed by atoms with Gasteiger partial charge in [0.25, 0.3) is 0 Å². The molecule has 3 aromatic rings. The van der Waals surface area contributed by atoms with E-state index in [1.54, 1.807) is 6.08 Å². The van der Waals surface area contributed by atoms with Crippen molar-refractivity contribution in [1.82, 2.24) is 4.57 Å². The van der Waals surface area contributed by atoms with E-state index in [2.05, 4.69) is 66.8 Å². The van der Waals surface area contributed by atoms with E-state index in [1.807, 2.05) is 19.1 Å². The van der Waals surface area contributed by atoms with Crippen LogP contribution in [0.25, 0.3) is 33.1 Å². The minimum absolute atomic E-state index is 1.02. The molecule has 1 nitrogen and oxygen atoms in total. The number of nitrogens with zero attached hydrogens (tertiary/aromatic N) is 1. The summed E-state index contributed by atoms with van der Waals surface area (Å²) in [5.74, 6) is 0. The second kappa shape index (κ2) is 5.53. The Morgan fingerprint density at radius 3 is 2.41 bits per heavy atom. The van der Waals surface area contributed by atoms with Gasteiger partial charge in [0, 0.05) is 16.5 Å². The summed E-state index contributed by atoms with van der Waals surface area (Å²) in [4.78, 5) is 0. The van der Waals surface area contributed by atoms with Crippen LogP contribution in [0.4, 0.5) is 0 Å². The standard InChI is InChI=1S/C21H19N/c1-5-9-17(6-2)22-20-11-8-7-10-18(20)19-14-16(15(3)4)12-13-21(19)22/h5-14H,1-3H2,4H3/b17-9+. The van der Waals surface area contributed by atoms with Crippen LogP contribution in [-0.2, 0) is 0 Å². The van der Waals surface area contributed by atoms with Crippen LogP contribution in [0.15, 0.2) is 80.4 Å². The minimum atomic E-state index is 1.02. The van der Waals surface area contributed by atoms with Crippen LogP contribution in [0.2, 0.25) is 0 Å². The normalized spacial score (nSPS) is 11.8. The molecule has 0 aliphatic rings. The van der Waals surface area contributed by atoms with E-state index in [9.17, 15) is 0 Å². The lowest BCUT2D eigenvalue weighted by Crippen LogP contribution is -1.93. The number of rotatable bonds is 4. The maximum atomic E-state index is 4.05. The molecule has 0 saturated heterocycles. The Morgan fingerprint density at radius 1 is 1.00 bits per heavy atom. The van der Waals surface area contributed by atoms with Gasteiger partial charge >= 0.3 is 0 Å². The second-order valence-corrected chi connectivity index (χ2v) is 5.40. The second-order valence-electron chi connectivity index (χ2n) is 5.40. The lowest BCUT2D eigenvalue weighted by molar-refractivity contribution is 1.24. The zero-order chi connectivity index (χ0) is 15.7. The molecule has 22 heavy (non-hydrogen) atoms. The molecular formula is C21H19N. The molecule has 0 aliphatic heterocycles. The van der Waals surface area contributed by atoms with Crippen LogP contribution >= 0.6 is 0 Å². The maximum Gasteiger partial charge on any atom is 0.0541 e. The number of hydrogen-bond acceptors (Lipinski definition) is 0. The monoisotopic (exact) mass is 285 g/mol. The lowest BCUT2D eigenvalue weighted by Gasteiger charge is -2.08. The zero-order valence-electron chi connectivity index (χ0n) is 12.8. The Balaban J connectivity index is 2.49. The average molecular weight is 285 g/mol. The van der Waals surface area contributed by atoms with E-state index in [1.165, 1.54) is 27.4 Å². The summed E-state index contributed by atoms with van der Waals surface area (Å²) in [6.07, 6.45) is 5.63. The highest BCUT2D eigenvalue weighted by atomic mass is 15.0. The summed E-state index contributed by atoms with van der Waals surface area (Å²) in [5.41, 5.74) is 5.60. The molecule has 0 fully saturated rings. The zero-order valence-corrected chi connectivity index (χ0v) is 12.8. The summed E-state index contributed by atoms with van der Waals surface area (Å²) in [6.45, 7) is 13.8. The highest BCUT2D eigenvalue weighted by Crippen LogP contribution is 2.33. The highest BCUT2D eigenvalue weighted by molar-refractivity contribution is 6.11. The number of aromatic nitrogens is 1. The van der Waals surface area contributed by atoms with Crippen molar-refractivity contribution in [2.24, 2.45) is 0 Å². The van der Waals surface area contributed by atoms with Gasteiger partial charge in [0.05, 0.1) is 11.0 Å². The molecule has 0 radical (unpaired) electrons. The third-order valence-corrected chi connectivity index (χ3v) is 3.92. The Morgan fingerprint density at radius 2 is 1.73 bits per heavy atom. The molecule has 0 N–H and O–H groups in total. The van der Waals surface area contributed by atoms with E-state index in [0.717, 1.165) is 11.3 Å². The molecule has 0 bridgehead atoms. The summed E-state index contributed by atoms with van der Waals surface area (Å²) in [6, 6.07) is 14.9. The van der Waals surface area contributed by atoms with E-state index in [0.29, 0.717) is 0 Å². The van der Waals surface area contributed by atoms with Crippen molar-refractivity contribution in [3.63, 3.8) is 0 Å². The quantitative estimate of drug-likeness (QED) is 0.515. The fourth-order valence-corrected chi connectivity index (χ4v) is 2.87. The van der Waals surface area contributed by atoms with E-state index in [-0.39, 0.29) is 0 Å². The SMILES string of the molecule is C=C/C=C(\C=C)n1c2ccccc2c2cc(C(=C)C)ccc21. The van der Waals surface area contributed by atoms with Gasteiger partial charge in [0.1, 0.15) is 0 Å². The third kappa shape index (κ3) is 2.11. The summed E-state index contributed by atoms with van der Waals surface area (Å²) < 4.78 is 2.22. The maximum absolute atomic E-state index is 4.05. The number of allylic oxidation sites excluding steroid dienone is 5. The van der Waals surface area contributed by atoms with Gasteiger partial charge < -0.3 is 4.57 Å². The van der Waals surface area contributed by atoms with Gasteiger partial charge in [-0.2, -0.15) is 0 Å². The predicted molar refractivity (Wildman–Crippen MR) is 98.8 cm³/mol. The van der Waals surface area contributed by atoms with Gasteiger partial charge in [-0.25, -0.2) is 0 Å². The van der Waals surface area contributed by atoms with Crippen molar-refractivity contribution >= 4 is 33.1 Å². The van der Waals surface area contributed by atoms with Gasteiger partial charge in [-0.05, 0) is 42.8 Å². The highest BCUT2D eigenvalue weighted by Gasteiger charge is 2.12. The first-order valence-corrected chi connectivity index (χ1v) is 7.32. The van der Waals surface area contributed by atoms with Crippen LogP contribution < -0.4 is 0 Å². The smallest absolute Gasteiger partial charge is 0.0541 e. The average Bonchev–Trinajstić information content (AvgIpc) is 2.86. The van der Waals surface area contributed by atoms with Gasteiger partial charge in [0.2, 0.25) is 0 Å². The van der Waals surface area contributed by atoms with E-state index in [4.69, 9.17) is 0 Å². The van der Waals surface area contributed by atoms with Crippen molar-refractivity contribution in [1.29, 1.82) is 0 Å². The molecule has 2 aromatic carbocycles. The first kappa shape index (κ1) is 14.2. The molecule has 1 heteroatoms. The molecule has 0 atom stereocenters. The topological polar surface area (TPSA) is 4.93 Å². The van der Waals surface area contributed by atoms with Crippen molar-refractivity contribution in [3.8, 4) is 0 Å². The van der Waals surface area contributed by atoms with Gasteiger partial charge in [-0.3, -0.25) is 0 Å². The van der Waals surface area contributed by atoms with Crippen molar-refractivity contribution in [2.75, 3.05) is 0 Å². The van der Waals surface area contributed by atoms with E-state index < -0.39 is 0 Å². The van der Waals surface area contributed by atoms with Crippen molar-refractivity contribution in [3.05, 3.63) is 86.0 Å². The first-order valence-electron chi connectivity index (χ1n) is 7.32. The fraction of sp³-hybridized carbons (Fsp3) is 0.0476. The number of fused-ring (bicyclic) bond motifs is 3. The summed E-state index contributed by atoms with van der Waals surface area (Å²) in [7, 11) is 0. The molecule has 0 amide bonds. The van der Waals surface area contributed by atoms with Gasteiger partial charge in [-0.1, -0.05) is 55.7 Å². The van der Waals surface area contributed by atoms with Crippen molar-refractivity contribution in [2.45, 2.75) is 6.92 Å². The molecule has 0 saturated carbocycles. The third-order valence-electron chi connectivity index (χ3n) is 3.92.